The first-order chi connectivity index (χ1) is 4.79. The Morgan fingerprint density at radius 1 is 1.40 bits per heavy atom. The van der Waals surface area contributed by atoms with E-state index >= 15 is 0 Å². The minimum Gasteiger partial charge on any atom is -0.284 e. The van der Waals surface area contributed by atoms with E-state index in [9.17, 15) is 0 Å². The third-order valence-electron chi connectivity index (χ3n) is 1.63. The summed E-state index contributed by atoms with van der Waals surface area (Å²) in [6.07, 6.45) is 0. The molecule has 56 valence electrons. The van der Waals surface area contributed by atoms with Gasteiger partial charge in [-0.15, -0.1) is 0 Å². The Morgan fingerprint density at radius 2 is 2.10 bits per heavy atom. The van der Waals surface area contributed by atoms with Crippen LogP contribution in [-0.2, 0) is 0 Å². The van der Waals surface area contributed by atoms with E-state index in [2.05, 4.69) is 57.1 Å². The van der Waals surface area contributed by atoms with Gasteiger partial charge in [0.2, 0.25) is 0 Å². The molecule has 0 spiro atoms. The average molecular weight is 361 g/mol. The maximum absolute atomic E-state index is 4.42. The number of aliphatic imine (C=N–C) groups is 1. The van der Waals surface area contributed by atoms with Crippen LogP contribution in [0.4, 0.5) is 0 Å². The van der Waals surface area contributed by atoms with Gasteiger partial charge in [0.05, 0.1) is 6.54 Å². The highest BCUT2D eigenvalue weighted by Crippen LogP contribution is 2.18. The van der Waals surface area contributed by atoms with Crippen molar-refractivity contribution in [2.75, 3.05) is 15.4 Å². The highest BCUT2D eigenvalue weighted by atomic mass is 127. The van der Waals surface area contributed by atoms with Gasteiger partial charge < -0.3 is 0 Å². The fourth-order valence-corrected chi connectivity index (χ4v) is 2.76. The maximum atomic E-state index is 4.42. The number of allylic oxidation sites excluding steroid dienone is 1. The van der Waals surface area contributed by atoms with E-state index in [-0.39, 0.29) is 0 Å². The average Bonchev–Trinajstić information content (AvgIpc) is 2.30. The third-order valence-corrected chi connectivity index (χ3v) is 3.12. The molecule has 0 atom stereocenters. The summed E-state index contributed by atoms with van der Waals surface area (Å²) in [4.78, 5) is 4.42. The molecule has 1 nitrogen and oxygen atoms in total. The van der Waals surface area contributed by atoms with Crippen LogP contribution in [0.1, 0.15) is 6.92 Å². The van der Waals surface area contributed by atoms with Gasteiger partial charge in [-0.2, -0.15) is 0 Å². The van der Waals surface area contributed by atoms with Crippen LogP contribution in [-0.4, -0.2) is 21.1 Å². The Hall–Kier alpha value is 0.870. The fourth-order valence-electron chi connectivity index (χ4n) is 0.965. The lowest BCUT2D eigenvalue weighted by Gasteiger charge is -1.99. The van der Waals surface area contributed by atoms with Crippen LogP contribution in [0.3, 0.4) is 0 Å². The first-order valence-corrected chi connectivity index (χ1v) is 6.19. The van der Waals surface area contributed by atoms with Gasteiger partial charge in [0.1, 0.15) is 0 Å². The highest BCUT2D eigenvalue weighted by Gasteiger charge is 2.13. The molecular formula is C7H9I2N. The number of hydrogen-bond donors (Lipinski definition) is 0. The normalized spacial score (nSPS) is 18.1. The molecule has 0 aromatic carbocycles. The van der Waals surface area contributed by atoms with Gasteiger partial charge in [-0.25, -0.2) is 0 Å². The van der Waals surface area contributed by atoms with Crippen molar-refractivity contribution in [1.82, 2.24) is 0 Å². The lowest BCUT2D eigenvalue weighted by molar-refractivity contribution is 1.17. The van der Waals surface area contributed by atoms with E-state index in [0.29, 0.717) is 0 Å². The quantitative estimate of drug-likeness (QED) is 0.530. The van der Waals surface area contributed by atoms with Gasteiger partial charge in [0.15, 0.2) is 0 Å². The second-order valence-electron chi connectivity index (χ2n) is 2.29. The summed E-state index contributed by atoms with van der Waals surface area (Å²) in [5.74, 6) is 0. The first kappa shape index (κ1) is 8.96. The molecule has 1 aliphatic rings. The number of alkyl halides is 2. The van der Waals surface area contributed by atoms with E-state index < -0.39 is 0 Å². The van der Waals surface area contributed by atoms with Crippen LogP contribution in [0.2, 0.25) is 0 Å². The lowest BCUT2D eigenvalue weighted by Crippen LogP contribution is -2.02. The molecule has 10 heavy (non-hydrogen) atoms. The monoisotopic (exact) mass is 361 g/mol. The molecule has 3 heteroatoms. The van der Waals surface area contributed by atoms with Crippen LogP contribution >= 0.6 is 45.2 Å². The Labute approximate surface area is 88.7 Å². The number of rotatable bonds is 2. The smallest absolute Gasteiger partial charge is 0.0607 e. The minimum absolute atomic E-state index is 0.941. The predicted octanol–water partition coefficient (Wildman–Crippen LogP) is 2.63. The molecule has 1 rings (SSSR count). The molecule has 0 amide bonds. The summed E-state index contributed by atoms with van der Waals surface area (Å²) in [6.45, 7) is 3.12. The van der Waals surface area contributed by atoms with Crippen molar-refractivity contribution in [2.45, 2.75) is 6.92 Å². The maximum Gasteiger partial charge on any atom is 0.0607 e. The van der Waals surface area contributed by atoms with Crippen molar-refractivity contribution in [3.8, 4) is 0 Å². The molecule has 0 aromatic heterocycles. The van der Waals surface area contributed by atoms with Gasteiger partial charge in [0.25, 0.3) is 0 Å². The van der Waals surface area contributed by atoms with E-state index in [1.165, 1.54) is 16.9 Å². The van der Waals surface area contributed by atoms with Crippen molar-refractivity contribution in [2.24, 2.45) is 4.99 Å². The second-order valence-corrected chi connectivity index (χ2v) is 3.81. The summed E-state index contributed by atoms with van der Waals surface area (Å²) in [5, 5.41) is 0. The third kappa shape index (κ3) is 1.72. The minimum atomic E-state index is 0.941. The Bertz CT molecular complexity index is 194. The van der Waals surface area contributed by atoms with Crippen molar-refractivity contribution < 1.29 is 0 Å². The predicted molar refractivity (Wildman–Crippen MR) is 62.8 cm³/mol. The molecule has 0 fully saturated rings. The molecule has 1 aliphatic heterocycles. The number of nitrogens with zero attached hydrogens (tertiary/aromatic N) is 1. The highest BCUT2D eigenvalue weighted by molar-refractivity contribution is 14.1. The molecule has 0 radical (unpaired) electrons. The Morgan fingerprint density at radius 3 is 2.50 bits per heavy atom. The van der Waals surface area contributed by atoms with Gasteiger partial charge in [-0.1, -0.05) is 45.2 Å². The SMILES string of the molecule is CC1=C(CI)C(CI)=NC1. The fraction of sp³-hybridized carbons (Fsp3) is 0.571. The van der Waals surface area contributed by atoms with E-state index in [0.717, 1.165) is 15.4 Å². The van der Waals surface area contributed by atoms with E-state index in [1.54, 1.807) is 0 Å². The molecule has 0 aliphatic carbocycles. The molecule has 0 saturated heterocycles. The summed E-state index contributed by atoms with van der Waals surface area (Å²) in [7, 11) is 0. The van der Waals surface area contributed by atoms with E-state index in [4.69, 9.17) is 0 Å². The zero-order valence-electron chi connectivity index (χ0n) is 5.82. The molecular weight excluding hydrogens is 352 g/mol. The van der Waals surface area contributed by atoms with Crippen LogP contribution in [0.5, 0.6) is 0 Å². The first-order valence-electron chi connectivity index (χ1n) is 3.14. The largest absolute Gasteiger partial charge is 0.284 e. The van der Waals surface area contributed by atoms with E-state index in [1.807, 2.05) is 0 Å². The van der Waals surface area contributed by atoms with Gasteiger partial charge >= 0.3 is 0 Å². The summed E-state index contributed by atoms with van der Waals surface area (Å²) in [6, 6.07) is 0. The molecule has 0 bridgehead atoms. The van der Waals surface area contributed by atoms with Crippen LogP contribution in [0.25, 0.3) is 0 Å². The van der Waals surface area contributed by atoms with Gasteiger partial charge in [-0.3, -0.25) is 4.99 Å². The second kappa shape index (κ2) is 4.04. The molecule has 0 N–H and O–H groups in total. The lowest BCUT2D eigenvalue weighted by atomic mass is 10.1. The zero-order valence-corrected chi connectivity index (χ0v) is 10.1. The zero-order chi connectivity index (χ0) is 7.56. The van der Waals surface area contributed by atoms with Gasteiger partial charge in [0, 0.05) is 14.6 Å². The summed E-state index contributed by atoms with van der Waals surface area (Å²) >= 11 is 4.77. The summed E-state index contributed by atoms with van der Waals surface area (Å²) < 4.78 is 2.18. The van der Waals surface area contributed by atoms with Crippen LogP contribution in [0, 0.1) is 0 Å². The van der Waals surface area contributed by atoms with Gasteiger partial charge in [-0.05, 0) is 18.1 Å². The van der Waals surface area contributed by atoms with Crippen molar-refractivity contribution in [3.63, 3.8) is 0 Å². The summed E-state index contributed by atoms with van der Waals surface area (Å²) in [5.41, 5.74) is 4.25. The Kier molecular flexibility index (Phi) is 3.62. The molecule has 0 unspecified atom stereocenters. The topological polar surface area (TPSA) is 12.4 Å². The number of halogens is 2. The van der Waals surface area contributed by atoms with Crippen molar-refractivity contribution in [1.29, 1.82) is 0 Å². The van der Waals surface area contributed by atoms with Crippen molar-refractivity contribution in [3.05, 3.63) is 11.1 Å². The number of hydrogen-bond acceptors (Lipinski definition) is 1. The molecule has 1 heterocycles. The molecule has 0 aromatic rings. The van der Waals surface area contributed by atoms with Crippen molar-refractivity contribution >= 4 is 50.9 Å². The Balaban J connectivity index is 2.79. The standard InChI is InChI=1S/C7H9I2N/c1-5-4-10-7(3-9)6(5)2-8/h2-4H2,1H3. The molecule has 0 saturated carbocycles. The van der Waals surface area contributed by atoms with Crippen LogP contribution < -0.4 is 0 Å². The van der Waals surface area contributed by atoms with Crippen LogP contribution in [0.15, 0.2) is 16.1 Å².